The Hall–Kier alpha value is -2.87. The largest absolute Gasteiger partial charge is 0.493 e. The molecule has 8 heteroatoms. The maximum Gasteiger partial charge on any atom is 0.308 e. The number of nitrogens with zero attached hydrogens (tertiary/aromatic N) is 1. The SMILES string of the molecule is COc1cc(C=NNC(=O)COc2ccc(Br)c(C)c2)ccc1OC(C)=O. The molecule has 0 radical (unpaired) electrons. The Kier molecular flexibility index (Phi) is 7.36. The van der Waals surface area contributed by atoms with Gasteiger partial charge in [0.15, 0.2) is 18.1 Å². The van der Waals surface area contributed by atoms with Crippen LogP contribution in [0.3, 0.4) is 0 Å². The highest BCUT2D eigenvalue weighted by molar-refractivity contribution is 9.10. The van der Waals surface area contributed by atoms with Crippen molar-refractivity contribution in [2.45, 2.75) is 13.8 Å². The normalized spacial score (nSPS) is 10.5. The van der Waals surface area contributed by atoms with E-state index in [-0.39, 0.29) is 6.61 Å². The van der Waals surface area contributed by atoms with Crippen LogP contribution in [0.4, 0.5) is 0 Å². The molecule has 2 rings (SSSR count). The minimum Gasteiger partial charge on any atom is -0.493 e. The van der Waals surface area contributed by atoms with E-state index >= 15 is 0 Å². The third-order valence-corrected chi connectivity index (χ3v) is 4.23. The number of rotatable bonds is 7. The van der Waals surface area contributed by atoms with E-state index in [2.05, 4.69) is 26.5 Å². The number of hydrazone groups is 1. The number of amides is 1. The fraction of sp³-hybridized carbons (Fsp3) is 0.211. The van der Waals surface area contributed by atoms with Gasteiger partial charge in [-0.1, -0.05) is 15.9 Å². The smallest absolute Gasteiger partial charge is 0.308 e. The highest BCUT2D eigenvalue weighted by Gasteiger charge is 2.07. The molecule has 0 aliphatic heterocycles. The third kappa shape index (κ3) is 6.41. The molecular formula is C19H19BrN2O5. The molecule has 0 saturated heterocycles. The molecule has 0 bridgehead atoms. The number of nitrogens with one attached hydrogen (secondary N) is 1. The van der Waals surface area contributed by atoms with Gasteiger partial charge < -0.3 is 14.2 Å². The Bertz CT molecular complexity index is 867. The van der Waals surface area contributed by atoms with E-state index in [1.165, 1.54) is 20.2 Å². The monoisotopic (exact) mass is 434 g/mol. The number of halogens is 1. The minimum absolute atomic E-state index is 0.160. The Balaban J connectivity index is 1.89. The van der Waals surface area contributed by atoms with E-state index in [4.69, 9.17) is 14.2 Å². The highest BCUT2D eigenvalue weighted by Crippen LogP contribution is 2.27. The second-order valence-corrected chi connectivity index (χ2v) is 6.35. The van der Waals surface area contributed by atoms with Gasteiger partial charge in [0.25, 0.3) is 5.91 Å². The number of hydrogen-bond acceptors (Lipinski definition) is 6. The molecule has 0 saturated carbocycles. The average Bonchev–Trinajstić information content (AvgIpc) is 2.63. The molecule has 2 aromatic carbocycles. The number of ether oxygens (including phenoxy) is 3. The number of benzene rings is 2. The maximum absolute atomic E-state index is 11.8. The number of aryl methyl sites for hydroxylation is 1. The fourth-order valence-electron chi connectivity index (χ4n) is 2.07. The summed E-state index contributed by atoms with van der Waals surface area (Å²) in [4.78, 5) is 22.9. The Labute approximate surface area is 165 Å². The molecular weight excluding hydrogens is 416 g/mol. The Morgan fingerprint density at radius 3 is 2.63 bits per heavy atom. The minimum atomic E-state index is -0.442. The predicted molar refractivity (Wildman–Crippen MR) is 104 cm³/mol. The average molecular weight is 435 g/mol. The van der Waals surface area contributed by atoms with E-state index in [0.717, 1.165) is 10.0 Å². The summed E-state index contributed by atoms with van der Waals surface area (Å²) in [5, 5.41) is 3.88. The summed E-state index contributed by atoms with van der Waals surface area (Å²) >= 11 is 3.40. The van der Waals surface area contributed by atoms with Gasteiger partial charge in [0, 0.05) is 11.4 Å². The molecule has 0 aliphatic carbocycles. The van der Waals surface area contributed by atoms with Crippen LogP contribution in [-0.4, -0.2) is 31.8 Å². The summed E-state index contributed by atoms with van der Waals surface area (Å²) in [5.41, 5.74) is 4.05. The van der Waals surface area contributed by atoms with Crippen LogP contribution < -0.4 is 19.6 Å². The molecule has 0 unspecified atom stereocenters. The lowest BCUT2D eigenvalue weighted by atomic mass is 10.2. The van der Waals surface area contributed by atoms with Gasteiger partial charge >= 0.3 is 5.97 Å². The lowest BCUT2D eigenvalue weighted by Gasteiger charge is -2.08. The van der Waals surface area contributed by atoms with Gasteiger partial charge in [0.05, 0.1) is 13.3 Å². The van der Waals surface area contributed by atoms with Crippen molar-refractivity contribution in [1.82, 2.24) is 5.43 Å². The number of hydrogen-bond donors (Lipinski definition) is 1. The van der Waals surface area contributed by atoms with Gasteiger partial charge in [0.2, 0.25) is 0 Å². The third-order valence-electron chi connectivity index (χ3n) is 3.34. The molecule has 1 N–H and O–H groups in total. The van der Waals surface area contributed by atoms with Crippen molar-refractivity contribution in [3.8, 4) is 17.2 Å². The van der Waals surface area contributed by atoms with Crippen molar-refractivity contribution < 1.29 is 23.8 Å². The van der Waals surface area contributed by atoms with Gasteiger partial charge in [-0.05, 0) is 54.4 Å². The van der Waals surface area contributed by atoms with Gasteiger partial charge in [-0.3, -0.25) is 9.59 Å². The summed E-state index contributed by atoms with van der Waals surface area (Å²) in [6.07, 6.45) is 1.45. The van der Waals surface area contributed by atoms with Crippen molar-refractivity contribution in [3.05, 3.63) is 52.0 Å². The van der Waals surface area contributed by atoms with Crippen LogP contribution in [0.2, 0.25) is 0 Å². The highest BCUT2D eigenvalue weighted by atomic mass is 79.9. The first-order valence-corrected chi connectivity index (χ1v) is 8.75. The lowest BCUT2D eigenvalue weighted by molar-refractivity contribution is -0.132. The zero-order valence-electron chi connectivity index (χ0n) is 15.1. The molecule has 0 aliphatic rings. The Morgan fingerprint density at radius 2 is 1.96 bits per heavy atom. The van der Waals surface area contributed by atoms with E-state index in [9.17, 15) is 9.59 Å². The van der Waals surface area contributed by atoms with Crippen molar-refractivity contribution >= 4 is 34.0 Å². The molecule has 0 aromatic heterocycles. The topological polar surface area (TPSA) is 86.2 Å². The standard InChI is InChI=1S/C19H19BrN2O5/c1-12-8-15(5-6-16(12)20)26-11-19(24)22-21-10-14-4-7-17(27-13(2)23)18(9-14)25-3/h4-10H,11H2,1-3H3,(H,22,24). The van der Waals surface area contributed by atoms with Crippen molar-refractivity contribution in [3.63, 3.8) is 0 Å². The molecule has 0 heterocycles. The van der Waals surface area contributed by atoms with Crippen LogP contribution in [0.25, 0.3) is 0 Å². The van der Waals surface area contributed by atoms with Crippen LogP contribution >= 0.6 is 15.9 Å². The zero-order valence-corrected chi connectivity index (χ0v) is 16.7. The van der Waals surface area contributed by atoms with E-state index < -0.39 is 11.9 Å². The van der Waals surface area contributed by atoms with Crippen LogP contribution in [0.15, 0.2) is 46.0 Å². The first kappa shape index (κ1) is 20.4. The maximum atomic E-state index is 11.8. The predicted octanol–water partition coefficient (Wildman–Crippen LogP) is 3.22. The number of carbonyl (C=O) groups is 2. The quantitative estimate of drug-likeness (QED) is 0.313. The number of esters is 1. The summed E-state index contributed by atoms with van der Waals surface area (Å²) in [6, 6.07) is 10.4. The molecule has 2 aromatic rings. The van der Waals surface area contributed by atoms with Crippen molar-refractivity contribution in [2.24, 2.45) is 5.10 Å². The molecule has 27 heavy (non-hydrogen) atoms. The lowest BCUT2D eigenvalue weighted by Crippen LogP contribution is -2.24. The van der Waals surface area contributed by atoms with Crippen LogP contribution in [0.5, 0.6) is 17.2 Å². The van der Waals surface area contributed by atoms with Gasteiger partial charge in [0.1, 0.15) is 5.75 Å². The van der Waals surface area contributed by atoms with E-state index in [1.807, 2.05) is 19.1 Å². The van der Waals surface area contributed by atoms with Crippen molar-refractivity contribution in [1.29, 1.82) is 0 Å². The molecule has 0 fully saturated rings. The molecule has 142 valence electrons. The number of methoxy groups -OCH3 is 1. The summed E-state index contributed by atoms with van der Waals surface area (Å²) in [5.74, 6) is 0.456. The summed E-state index contributed by atoms with van der Waals surface area (Å²) in [7, 11) is 1.46. The Morgan fingerprint density at radius 1 is 1.19 bits per heavy atom. The molecule has 1 amide bonds. The molecule has 7 nitrogen and oxygen atoms in total. The van der Waals surface area contributed by atoms with Crippen LogP contribution in [-0.2, 0) is 9.59 Å². The fourth-order valence-corrected chi connectivity index (χ4v) is 2.32. The van der Waals surface area contributed by atoms with Gasteiger partial charge in [-0.2, -0.15) is 5.10 Å². The second kappa shape index (κ2) is 9.72. The van der Waals surface area contributed by atoms with Crippen LogP contribution in [0.1, 0.15) is 18.1 Å². The second-order valence-electron chi connectivity index (χ2n) is 5.50. The van der Waals surface area contributed by atoms with E-state index in [0.29, 0.717) is 22.8 Å². The first-order valence-electron chi connectivity index (χ1n) is 7.96. The van der Waals surface area contributed by atoms with Crippen molar-refractivity contribution in [2.75, 3.05) is 13.7 Å². The summed E-state index contributed by atoms with van der Waals surface area (Å²) < 4.78 is 16.6. The molecule has 0 atom stereocenters. The first-order chi connectivity index (χ1) is 12.9. The van der Waals surface area contributed by atoms with Gasteiger partial charge in [-0.25, -0.2) is 5.43 Å². The summed E-state index contributed by atoms with van der Waals surface area (Å²) in [6.45, 7) is 3.08. The molecule has 0 spiro atoms. The van der Waals surface area contributed by atoms with E-state index in [1.54, 1.807) is 24.3 Å². The van der Waals surface area contributed by atoms with Gasteiger partial charge in [-0.15, -0.1) is 0 Å². The van der Waals surface area contributed by atoms with Crippen LogP contribution in [0, 0.1) is 6.92 Å². The zero-order chi connectivity index (χ0) is 19.8. The number of carbonyl (C=O) groups excluding carboxylic acids is 2.